The van der Waals surface area contributed by atoms with Gasteiger partial charge in [0.2, 0.25) is 0 Å². The van der Waals surface area contributed by atoms with Crippen molar-refractivity contribution in [1.82, 2.24) is 10.2 Å². The topological polar surface area (TPSA) is 69.1 Å². The van der Waals surface area contributed by atoms with Crippen LogP contribution >= 0.6 is 0 Å². The highest BCUT2D eigenvalue weighted by molar-refractivity contribution is 5.58. The number of nitrogens with zero attached hydrogens (tertiary/aromatic N) is 1. The molecule has 1 aromatic heterocycles. The lowest BCUT2D eigenvalue weighted by molar-refractivity contribution is -0.203. The fourth-order valence-corrected chi connectivity index (χ4v) is 8.05. The third kappa shape index (κ3) is 2.28. The zero-order valence-corrected chi connectivity index (χ0v) is 17.8. The van der Waals surface area contributed by atoms with E-state index in [1.165, 1.54) is 24.0 Å². The molecule has 0 aliphatic heterocycles. The molecular formula is C24H36N2O2. The molecule has 3 fully saturated rings. The van der Waals surface area contributed by atoms with Crippen LogP contribution in [0.15, 0.2) is 11.8 Å². The summed E-state index contributed by atoms with van der Waals surface area (Å²) in [4.78, 5) is 0. The van der Waals surface area contributed by atoms with Crippen LogP contribution in [-0.2, 0) is 6.42 Å². The third-order valence-electron chi connectivity index (χ3n) is 9.96. The fraction of sp³-hybridized carbons (Fsp3) is 0.792. The zero-order chi connectivity index (χ0) is 19.9. The standard InChI is InChI=1S/C24H36N2O2/c1-14-6-5-7-18-17-9-8-16-10-19-15(13-25-26-19)11-22(16,2)21(17)20(27)12-23(18,3)24(14,4)28/h10,13-14,17-18,20-21,27-28H,5-9,11-12H2,1-4H3,(H,25,26)/t14-,17-,18?,20?,21?,22-,23-,24+/m0/s1. The molecule has 0 saturated heterocycles. The molecule has 28 heavy (non-hydrogen) atoms. The average molecular weight is 385 g/mol. The van der Waals surface area contributed by atoms with Crippen molar-refractivity contribution in [3.05, 3.63) is 23.0 Å². The predicted molar refractivity (Wildman–Crippen MR) is 110 cm³/mol. The van der Waals surface area contributed by atoms with Crippen molar-refractivity contribution in [2.45, 2.75) is 84.3 Å². The van der Waals surface area contributed by atoms with Gasteiger partial charge in [-0.15, -0.1) is 0 Å². The summed E-state index contributed by atoms with van der Waals surface area (Å²) in [5.74, 6) is 1.54. The highest BCUT2D eigenvalue weighted by Crippen LogP contribution is 2.66. The first-order valence-corrected chi connectivity index (χ1v) is 11.3. The van der Waals surface area contributed by atoms with Crippen LogP contribution in [0.4, 0.5) is 0 Å². The maximum Gasteiger partial charge on any atom is 0.0702 e. The third-order valence-corrected chi connectivity index (χ3v) is 9.96. The summed E-state index contributed by atoms with van der Waals surface area (Å²) in [7, 11) is 0. The van der Waals surface area contributed by atoms with Gasteiger partial charge in [-0.2, -0.15) is 5.10 Å². The first-order chi connectivity index (χ1) is 13.2. The second kappa shape index (κ2) is 5.95. The highest BCUT2D eigenvalue weighted by atomic mass is 16.3. The summed E-state index contributed by atoms with van der Waals surface area (Å²) in [6.45, 7) is 8.92. The monoisotopic (exact) mass is 384 g/mol. The molecule has 154 valence electrons. The zero-order valence-electron chi connectivity index (χ0n) is 17.8. The number of H-pyrrole nitrogens is 1. The van der Waals surface area contributed by atoms with Crippen molar-refractivity contribution >= 4 is 6.08 Å². The van der Waals surface area contributed by atoms with E-state index in [-0.39, 0.29) is 28.8 Å². The molecule has 1 aromatic rings. The molecule has 0 bridgehead atoms. The van der Waals surface area contributed by atoms with Crippen LogP contribution in [0.5, 0.6) is 0 Å². The number of nitrogens with one attached hydrogen (secondary N) is 1. The quantitative estimate of drug-likeness (QED) is 0.623. The maximum absolute atomic E-state index is 11.6. The highest BCUT2D eigenvalue weighted by Gasteiger charge is 2.63. The van der Waals surface area contributed by atoms with Crippen LogP contribution in [-0.4, -0.2) is 32.1 Å². The molecule has 0 aromatic carbocycles. The number of hydrogen-bond acceptors (Lipinski definition) is 3. The summed E-state index contributed by atoms with van der Waals surface area (Å²) in [6, 6.07) is 0. The van der Waals surface area contributed by atoms with Crippen molar-refractivity contribution in [2.24, 2.45) is 34.5 Å². The lowest BCUT2D eigenvalue weighted by Gasteiger charge is -2.63. The minimum atomic E-state index is -0.721. The molecule has 5 rings (SSSR count). The van der Waals surface area contributed by atoms with Gasteiger partial charge in [0.25, 0.3) is 0 Å². The van der Waals surface area contributed by atoms with Crippen molar-refractivity contribution < 1.29 is 10.2 Å². The molecule has 0 amide bonds. The second-order valence-electron chi connectivity index (χ2n) is 11.1. The Kier molecular flexibility index (Phi) is 4.01. The van der Waals surface area contributed by atoms with E-state index in [0.717, 1.165) is 37.8 Å². The maximum atomic E-state index is 11.6. The minimum absolute atomic E-state index is 0.00428. The SMILES string of the molecule is C[C@H]1CCCC2[C@@H]3CCC4=Cc5[nH]ncc5C[C@]4(C)C3C(O)C[C@]2(C)[C@]1(C)O. The van der Waals surface area contributed by atoms with Gasteiger partial charge < -0.3 is 10.2 Å². The van der Waals surface area contributed by atoms with E-state index < -0.39 is 5.60 Å². The Morgan fingerprint density at radius 3 is 2.75 bits per heavy atom. The number of hydrogen-bond donors (Lipinski definition) is 3. The van der Waals surface area contributed by atoms with Gasteiger partial charge in [0.05, 0.1) is 23.6 Å². The number of allylic oxidation sites excluding steroid dienone is 1. The number of aromatic nitrogens is 2. The molecule has 3 N–H and O–H groups in total. The number of aliphatic hydroxyl groups is 2. The van der Waals surface area contributed by atoms with Crippen LogP contribution in [0.1, 0.15) is 77.5 Å². The number of fused-ring (bicyclic) bond motifs is 6. The van der Waals surface area contributed by atoms with E-state index in [0.29, 0.717) is 11.8 Å². The Labute approximate surface area is 168 Å². The van der Waals surface area contributed by atoms with Crippen LogP contribution in [0, 0.1) is 34.5 Å². The summed E-state index contributed by atoms with van der Waals surface area (Å²) in [5, 5.41) is 30.6. The summed E-state index contributed by atoms with van der Waals surface area (Å²) >= 11 is 0. The molecule has 1 heterocycles. The summed E-state index contributed by atoms with van der Waals surface area (Å²) in [5.41, 5.74) is 3.01. The van der Waals surface area contributed by atoms with Crippen molar-refractivity contribution in [2.75, 3.05) is 0 Å². The Hall–Kier alpha value is -1.13. The van der Waals surface area contributed by atoms with E-state index in [2.05, 4.69) is 44.0 Å². The van der Waals surface area contributed by atoms with E-state index in [1.54, 1.807) is 0 Å². The van der Waals surface area contributed by atoms with E-state index in [9.17, 15) is 10.2 Å². The van der Waals surface area contributed by atoms with Crippen LogP contribution in [0.3, 0.4) is 0 Å². The van der Waals surface area contributed by atoms with Gasteiger partial charge in [-0.1, -0.05) is 32.8 Å². The number of aliphatic hydroxyl groups excluding tert-OH is 1. The smallest absolute Gasteiger partial charge is 0.0702 e. The molecule has 4 aliphatic carbocycles. The van der Waals surface area contributed by atoms with Gasteiger partial charge >= 0.3 is 0 Å². The van der Waals surface area contributed by atoms with E-state index >= 15 is 0 Å². The first-order valence-electron chi connectivity index (χ1n) is 11.3. The normalized spacial score (nSPS) is 50.5. The molecule has 4 aliphatic rings. The van der Waals surface area contributed by atoms with Gasteiger partial charge in [-0.3, -0.25) is 5.10 Å². The van der Waals surface area contributed by atoms with Crippen LogP contribution < -0.4 is 0 Å². The Morgan fingerprint density at radius 1 is 1.18 bits per heavy atom. The first kappa shape index (κ1) is 18.9. The lowest BCUT2D eigenvalue weighted by Crippen LogP contribution is -2.63. The Balaban J connectivity index is 1.58. The fourth-order valence-electron chi connectivity index (χ4n) is 8.05. The summed E-state index contributed by atoms with van der Waals surface area (Å²) < 4.78 is 0. The molecule has 3 saturated carbocycles. The Morgan fingerprint density at radius 2 is 1.96 bits per heavy atom. The van der Waals surface area contributed by atoms with Crippen molar-refractivity contribution in [3.8, 4) is 0 Å². The van der Waals surface area contributed by atoms with Crippen LogP contribution in [0.25, 0.3) is 6.08 Å². The van der Waals surface area contributed by atoms with Gasteiger partial charge in [0.15, 0.2) is 0 Å². The van der Waals surface area contributed by atoms with Crippen molar-refractivity contribution in [3.63, 3.8) is 0 Å². The van der Waals surface area contributed by atoms with Crippen molar-refractivity contribution in [1.29, 1.82) is 0 Å². The molecule has 0 radical (unpaired) electrons. The molecule has 4 heteroatoms. The number of rotatable bonds is 0. The van der Waals surface area contributed by atoms with Crippen LogP contribution in [0.2, 0.25) is 0 Å². The average Bonchev–Trinajstić information content (AvgIpc) is 3.04. The molecular weight excluding hydrogens is 348 g/mol. The molecule has 3 unspecified atom stereocenters. The van der Waals surface area contributed by atoms with E-state index in [4.69, 9.17) is 0 Å². The Bertz CT molecular complexity index is 811. The largest absolute Gasteiger partial charge is 0.393 e. The van der Waals surface area contributed by atoms with Gasteiger partial charge in [-0.05, 0) is 86.2 Å². The van der Waals surface area contributed by atoms with Gasteiger partial charge in [0.1, 0.15) is 0 Å². The number of aromatic amines is 1. The molecule has 0 spiro atoms. The minimum Gasteiger partial charge on any atom is -0.393 e. The van der Waals surface area contributed by atoms with Gasteiger partial charge in [0, 0.05) is 5.41 Å². The molecule has 4 nitrogen and oxygen atoms in total. The predicted octanol–water partition coefficient (Wildman–Crippen LogP) is 4.34. The second-order valence-corrected chi connectivity index (χ2v) is 11.1. The lowest BCUT2D eigenvalue weighted by atomic mass is 9.43. The van der Waals surface area contributed by atoms with E-state index in [1.807, 2.05) is 6.20 Å². The molecule has 8 atom stereocenters. The van der Waals surface area contributed by atoms with Gasteiger partial charge in [-0.25, -0.2) is 0 Å². The summed E-state index contributed by atoms with van der Waals surface area (Å²) in [6.07, 6.45) is 11.3.